The quantitative estimate of drug-likeness (QED) is 0.726. The Morgan fingerprint density at radius 3 is 2.86 bits per heavy atom. The van der Waals surface area contributed by atoms with E-state index in [1.54, 1.807) is 0 Å². The normalized spacial score (nSPS) is 16.0. The van der Waals surface area contributed by atoms with Crippen molar-refractivity contribution in [2.24, 2.45) is 5.92 Å². The summed E-state index contributed by atoms with van der Waals surface area (Å²) in [4.78, 5) is 18.9. The van der Waals surface area contributed by atoms with Gasteiger partial charge in [-0.2, -0.15) is 4.98 Å². The van der Waals surface area contributed by atoms with Crippen LogP contribution in [0.2, 0.25) is 0 Å². The Kier molecular flexibility index (Phi) is 5.17. The van der Waals surface area contributed by atoms with Gasteiger partial charge >= 0.3 is 11.8 Å². The van der Waals surface area contributed by atoms with Gasteiger partial charge < -0.3 is 19.2 Å². The van der Waals surface area contributed by atoms with Gasteiger partial charge in [-0.15, -0.1) is 0 Å². The number of aromatic nitrogens is 2. The van der Waals surface area contributed by atoms with Crippen molar-refractivity contribution in [2.45, 2.75) is 33.6 Å². The van der Waals surface area contributed by atoms with Crippen molar-refractivity contribution in [1.82, 2.24) is 20.4 Å². The number of nitrogens with one attached hydrogen (secondary N) is 1. The molecule has 1 fully saturated rings. The van der Waals surface area contributed by atoms with Gasteiger partial charge in [0.15, 0.2) is 5.76 Å². The number of benzene rings is 1. The number of carbonyl (C=O) groups is 1. The van der Waals surface area contributed by atoms with Gasteiger partial charge in [-0.25, -0.2) is 0 Å². The van der Waals surface area contributed by atoms with E-state index in [9.17, 15) is 4.79 Å². The lowest BCUT2D eigenvalue weighted by molar-refractivity contribution is 0.0901. The molecule has 7 heteroatoms. The first-order valence-corrected chi connectivity index (χ1v) is 9.85. The van der Waals surface area contributed by atoms with Crippen molar-refractivity contribution in [3.05, 3.63) is 35.2 Å². The molecule has 0 atom stereocenters. The average molecular weight is 382 g/mol. The van der Waals surface area contributed by atoms with Crippen molar-refractivity contribution >= 4 is 16.9 Å². The zero-order valence-corrected chi connectivity index (χ0v) is 16.6. The van der Waals surface area contributed by atoms with Gasteiger partial charge in [-0.05, 0) is 57.8 Å². The van der Waals surface area contributed by atoms with E-state index in [0.717, 1.165) is 47.6 Å². The van der Waals surface area contributed by atoms with Gasteiger partial charge in [0.1, 0.15) is 5.58 Å². The van der Waals surface area contributed by atoms with E-state index < -0.39 is 0 Å². The average Bonchev–Trinajstić information content (AvgIpc) is 3.29. The lowest BCUT2D eigenvalue weighted by atomic mass is 9.99. The van der Waals surface area contributed by atoms with Gasteiger partial charge in [0, 0.05) is 24.0 Å². The molecule has 0 bridgehead atoms. The molecule has 28 heavy (non-hydrogen) atoms. The minimum absolute atomic E-state index is 0.0432. The fourth-order valence-electron chi connectivity index (χ4n) is 3.64. The molecule has 2 aromatic heterocycles. The van der Waals surface area contributed by atoms with Crippen molar-refractivity contribution in [1.29, 1.82) is 0 Å². The molecule has 3 aromatic rings. The van der Waals surface area contributed by atoms with Crippen LogP contribution in [-0.2, 0) is 0 Å². The smallest absolute Gasteiger partial charge is 0.316 e. The van der Waals surface area contributed by atoms with E-state index in [0.29, 0.717) is 18.1 Å². The zero-order chi connectivity index (χ0) is 19.7. The van der Waals surface area contributed by atoms with Crippen LogP contribution in [0.15, 0.2) is 27.1 Å². The Hall–Kier alpha value is -2.67. The number of fused-ring (bicyclic) bond motifs is 1. The van der Waals surface area contributed by atoms with E-state index in [-0.39, 0.29) is 11.8 Å². The molecular weight excluding hydrogens is 356 g/mol. The van der Waals surface area contributed by atoms with Crippen molar-refractivity contribution in [3.63, 3.8) is 0 Å². The maximum absolute atomic E-state index is 12.3. The fourth-order valence-corrected chi connectivity index (χ4v) is 3.64. The van der Waals surface area contributed by atoms with Gasteiger partial charge in [-0.3, -0.25) is 4.79 Å². The molecule has 0 unspecified atom stereocenters. The molecule has 0 spiro atoms. The number of likely N-dealkylation sites (tertiary alicyclic amines) is 1. The molecule has 1 aliphatic rings. The Bertz CT molecular complexity index is 983. The summed E-state index contributed by atoms with van der Waals surface area (Å²) in [5.74, 6) is 1.23. The lowest BCUT2D eigenvalue weighted by Gasteiger charge is -2.29. The highest BCUT2D eigenvalue weighted by molar-refractivity contribution is 5.90. The van der Waals surface area contributed by atoms with Gasteiger partial charge in [0.05, 0.1) is 0 Å². The number of furan rings is 1. The first-order valence-electron chi connectivity index (χ1n) is 9.85. The second-order valence-corrected chi connectivity index (χ2v) is 7.76. The second-order valence-electron chi connectivity index (χ2n) is 7.76. The van der Waals surface area contributed by atoms with Gasteiger partial charge in [0.25, 0.3) is 0 Å². The van der Waals surface area contributed by atoms with E-state index in [1.165, 1.54) is 12.8 Å². The molecular formula is C21H26N4O3. The van der Waals surface area contributed by atoms with Crippen LogP contribution in [0.4, 0.5) is 0 Å². The predicted molar refractivity (Wildman–Crippen MR) is 106 cm³/mol. The minimum atomic E-state index is -0.353. The number of aryl methyl sites for hydroxylation is 2. The molecule has 1 N–H and O–H groups in total. The van der Waals surface area contributed by atoms with E-state index >= 15 is 0 Å². The number of hydrogen-bond donors (Lipinski definition) is 1. The first kappa shape index (κ1) is 18.7. The third-order valence-electron chi connectivity index (χ3n) is 5.50. The van der Waals surface area contributed by atoms with Crippen LogP contribution in [0, 0.1) is 19.8 Å². The van der Waals surface area contributed by atoms with Crippen LogP contribution < -0.4 is 5.32 Å². The molecule has 1 amide bonds. The minimum Gasteiger partial charge on any atom is -0.452 e. The standard InChI is InChI=1S/C21H26N4O3/c1-13-6-9-25(10-7-13)11-8-22-20(26)21-23-19(24-28-21)18-15(3)16-12-14(2)4-5-17(16)27-18/h4-5,12-13H,6-11H2,1-3H3,(H,22,26). The van der Waals surface area contributed by atoms with Crippen LogP contribution in [0.25, 0.3) is 22.6 Å². The second kappa shape index (κ2) is 7.75. The SMILES string of the molecule is Cc1ccc2oc(-c3noc(C(=O)NCCN4CCC(C)CC4)n3)c(C)c2c1. The Balaban J connectivity index is 1.40. The van der Waals surface area contributed by atoms with Crippen molar-refractivity contribution in [2.75, 3.05) is 26.2 Å². The zero-order valence-electron chi connectivity index (χ0n) is 16.6. The van der Waals surface area contributed by atoms with Gasteiger partial charge in [-0.1, -0.05) is 23.7 Å². The summed E-state index contributed by atoms with van der Waals surface area (Å²) in [6.07, 6.45) is 2.44. The fraction of sp³-hybridized carbons (Fsp3) is 0.476. The Morgan fingerprint density at radius 2 is 2.07 bits per heavy atom. The predicted octanol–water partition coefficient (Wildman–Crippen LogP) is 3.56. The summed E-state index contributed by atoms with van der Waals surface area (Å²) in [7, 11) is 0. The molecule has 0 aliphatic carbocycles. The number of rotatable bonds is 5. The maximum Gasteiger partial charge on any atom is 0.316 e. The molecule has 0 saturated carbocycles. The third-order valence-corrected chi connectivity index (χ3v) is 5.50. The molecule has 7 nitrogen and oxygen atoms in total. The van der Waals surface area contributed by atoms with Crippen molar-refractivity contribution < 1.29 is 13.7 Å². The highest BCUT2D eigenvalue weighted by Crippen LogP contribution is 2.31. The summed E-state index contributed by atoms with van der Waals surface area (Å²) in [6.45, 7) is 9.86. The van der Waals surface area contributed by atoms with E-state index in [2.05, 4.69) is 33.3 Å². The van der Waals surface area contributed by atoms with Crippen LogP contribution >= 0.6 is 0 Å². The topological polar surface area (TPSA) is 84.4 Å². The maximum atomic E-state index is 12.3. The van der Waals surface area contributed by atoms with Crippen LogP contribution in [0.1, 0.15) is 41.6 Å². The molecule has 1 aliphatic heterocycles. The number of nitrogens with zero attached hydrogens (tertiary/aromatic N) is 3. The lowest BCUT2D eigenvalue weighted by Crippen LogP contribution is -2.39. The summed E-state index contributed by atoms with van der Waals surface area (Å²) in [6, 6.07) is 5.98. The third kappa shape index (κ3) is 3.80. The number of carbonyl (C=O) groups excluding carboxylic acids is 1. The Labute approximate surface area is 164 Å². The Morgan fingerprint density at radius 1 is 1.29 bits per heavy atom. The first-order chi connectivity index (χ1) is 13.5. The number of piperidine rings is 1. The summed E-state index contributed by atoms with van der Waals surface area (Å²) in [5, 5.41) is 7.82. The monoisotopic (exact) mass is 382 g/mol. The molecule has 148 valence electrons. The van der Waals surface area contributed by atoms with Crippen LogP contribution in [-0.4, -0.2) is 47.1 Å². The molecule has 1 saturated heterocycles. The summed E-state index contributed by atoms with van der Waals surface area (Å²) in [5.41, 5.74) is 2.86. The van der Waals surface area contributed by atoms with Crippen LogP contribution in [0.5, 0.6) is 0 Å². The number of amides is 1. The highest BCUT2D eigenvalue weighted by Gasteiger charge is 2.21. The van der Waals surface area contributed by atoms with Gasteiger partial charge in [0.2, 0.25) is 5.82 Å². The molecule has 3 heterocycles. The largest absolute Gasteiger partial charge is 0.452 e. The summed E-state index contributed by atoms with van der Waals surface area (Å²) >= 11 is 0. The van der Waals surface area contributed by atoms with Crippen molar-refractivity contribution in [3.8, 4) is 11.6 Å². The molecule has 1 aromatic carbocycles. The molecule has 4 rings (SSSR count). The van der Waals surface area contributed by atoms with E-state index in [1.807, 2.05) is 26.0 Å². The highest BCUT2D eigenvalue weighted by atomic mass is 16.5. The summed E-state index contributed by atoms with van der Waals surface area (Å²) < 4.78 is 11.0. The van der Waals surface area contributed by atoms with E-state index in [4.69, 9.17) is 8.94 Å². The number of hydrogen-bond acceptors (Lipinski definition) is 6. The van der Waals surface area contributed by atoms with Crippen LogP contribution in [0.3, 0.4) is 0 Å². The molecule has 0 radical (unpaired) electrons.